The highest BCUT2D eigenvalue weighted by Gasteiger charge is 2.18. The maximum Gasteiger partial charge on any atom is 0.351 e. The van der Waals surface area contributed by atoms with Gasteiger partial charge < -0.3 is 23.9 Å². The van der Waals surface area contributed by atoms with Crippen LogP contribution < -0.4 is 20.4 Å². The highest BCUT2D eigenvalue weighted by Crippen LogP contribution is 2.25. The van der Waals surface area contributed by atoms with Crippen molar-refractivity contribution in [2.75, 3.05) is 25.6 Å². The second-order valence-corrected chi connectivity index (χ2v) is 5.88. The third-order valence-electron chi connectivity index (χ3n) is 3.96. The van der Waals surface area contributed by atoms with Crippen molar-refractivity contribution >= 4 is 28.5 Å². The zero-order valence-corrected chi connectivity index (χ0v) is 15.9. The molecular weight excluding hydrogens is 378 g/mol. The molecule has 150 valence electrons. The van der Waals surface area contributed by atoms with Gasteiger partial charge in [-0.2, -0.15) is 0 Å². The van der Waals surface area contributed by atoms with E-state index >= 15 is 0 Å². The van der Waals surface area contributed by atoms with E-state index in [1.807, 2.05) is 6.92 Å². The lowest BCUT2D eigenvalue weighted by molar-refractivity contribution is -0.119. The summed E-state index contributed by atoms with van der Waals surface area (Å²) in [5.41, 5.74) is -0.517. The molecule has 1 aromatic heterocycles. The van der Waals surface area contributed by atoms with E-state index in [9.17, 15) is 14.4 Å². The molecular formula is C21H19NO7. The van der Waals surface area contributed by atoms with Crippen LogP contribution in [-0.2, 0) is 9.53 Å². The summed E-state index contributed by atoms with van der Waals surface area (Å²) in [5, 5.41) is 3.09. The number of carbonyl (C=O) groups is 2. The zero-order chi connectivity index (χ0) is 20.8. The van der Waals surface area contributed by atoms with Gasteiger partial charge in [0.25, 0.3) is 5.91 Å². The van der Waals surface area contributed by atoms with Crippen molar-refractivity contribution in [3.05, 3.63) is 64.5 Å². The monoisotopic (exact) mass is 397 g/mol. The van der Waals surface area contributed by atoms with Crippen molar-refractivity contribution in [3.8, 4) is 11.5 Å². The first-order chi connectivity index (χ1) is 14.0. The highest BCUT2D eigenvalue weighted by atomic mass is 16.5. The summed E-state index contributed by atoms with van der Waals surface area (Å²) in [6.45, 7) is 1.68. The Hall–Kier alpha value is -3.81. The summed E-state index contributed by atoms with van der Waals surface area (Å²) < 4.78 is 20.7. The minimum Gasteiger partial charge on any atom is -0.493 e. The molecule has 2 aromatic carbocycles. The van der Waals surface area contributed by atoms with E-state index in [1.165, 1.54) is 13.2 Å². The van der Waals surface area contributed by atoms with Gasteiger partial charge in [-0.3, -0.25) is 4.79 Å². The fourth-order valence-electron chi connectivity index (χ4n) is 2.67. The van der Waals surface area contributed by atoms with Crippen molar-refractivity contribution in [3.63, 3.8) is 0 Å². The minimum atomic E-state index is -0.961. The molecule has 3 aromatic rings. The van der Waals surface area contributed by atoms with Crippen LogP contribution in [0.4, 0.5) is 5.69 Å². The van der Waals surface area contributed by atoms with Crippen LogP contribution in [0, 0.1) is 0 Å². The van der Waals surface area contributed by atoms with E-state index in [2.05, 4.69) is 5.32 Å². The zero-order valence-electron chi connectivity index (χ0n) is 15.9. The Labute approximate surface area is 166 Å². The van der Waals surface area contributed by atoms with Gasteiger partial charge in [0.2, 0.25) is 0 Å². The minimum absolute atomic E-state index is 0.224. The van der Waals surface area contributed by atoms with Crippen molar-refractivity contribution < 1.29 is 28.2 Å². The fraction of sp³-hybridized carbons (Fsp3) is 0.190. The number of rotatable bonds is 7. The van der Waals surface area contributed by atoms with Crippen LogP contribution in [0.15, 0.2) is 57.7 Å². The molecule has 8 heteroatoms. The summed E-state index contributed by atoms with van der Waals surface area (Å²) in [6.07, 6.45) is 0. The van der Waals surface area contributed by atoms with Gasteiger partial charge in [-0.15, -0.1) is 0 Å². The number of para-hydroxylation sites is 3. The lowest BCUT2D eigenvalue weighted by Crippen LogP contribution is -2.23. The normalized spacial score (nSPS) is 10.4. The molecule has 0 spiro atoms. The number of methoxy groups -OCH3 is 1. The number of hydrogen-bond acceptors (Lipinski definition) is 7. The van der Waals surface area contributed by atoms with Crippen molar-refractivity contribution in [1.82, 2.24) is 0 Å². The van der Waals surface area contributed by atoms with Crippen LogP contribution in [0.5, 0.6) is 11.5 Å². The number of nitrogens with one attached hydrogen (secondary N) is 1. The number of carbonyl (C=O) groups excluding carboxylic acids is 2. The Morgan fingerprint density at radius 3 is 2.59 bits per heavy atom. The van der Waals surface area contributed by atoms with E-state index in [0.29, 0.717) is 29.2 Å². The Bertz CT molecular complexity index is 1100. The molecule has 0 atom stereocenters. The molecule has 1 N–H and O–H groups in total. The highest BCUT2D eigenvalue weighted by molar-refractivity contribution is 5.97. The molecule has 8 nitrogen and oxygen atoms in total. The van der Waals surface area contributed by atoms with E-state index in [1.54, 1.807) is 42.5 Å². The maximum absolute atomic E-state index is 12.3. The lowest BCUT2D eigenvalue weighted by atomic mass is 10.2. The Balaban J connectivity index is 1.70. The van der Waals surface area contributed by atoms with Gasteiger partial charge in [0.15, 0.2) is 17.9 Å². The molecule has 3 rings (SSSR count). The van der Waals surface area contributed by atoms with Gasteiger partial charge in [-0.25, -0.2) is 9.59 Å². The third kappa shape index (κ3) is 4.55. The van der Waals surface area contributed by atoms with Crippen LogP contribution in [0.2, 0.25) is 0 Å². The molecule has 0 aliphatic rings. The first kappa shape index (κ1) is 19.9. The largest absolute Gasteiger partial charge is 0.493 e. The molecule has 0 fully saturated rings. The van der Waals surface area contributed by atoms with E-state index in [-0.39, 0.29) is 11.1 Å². The average Bonchev–Trinajstić information content (AvgIpc) is 2.72. The van der Waals surface area contributed by atoms with Crippen molar-refractivity contribution in [2.24, 2.45) is 0 Å². The van der Waals surface area contributed by atoms with Gasteiger partial charge in [0.1, 0.15) is 11.3 Å². The summed E-state index contributed by atoms with van der Waals surface area (Å²) in [5.74, 6) is -0.667. The summed E-state index contributed by atoms with van der Waals surface area (Å²) in [6, 6.07) is 13.2. The van der Waals surface area contributed by atoms with Crippen molar-refractivity contribution in [1.29, 1.82) is 0 Å². The first-order valence-electron chi connectivity index (χ1n) is 8.83. The second kappa shape index (κ2) is 8.92. The number of amides is 1. The SMILES string of the molecule is CCOc1ccccc1NC(=O)COC(=O)c1cc2cccc(OC)c2oc1=O. The number of anilines is 1. The maximum atomic E-state index is 12.3. The molecule has 0 bridgehead atoms. The smallest absolute Gasteiger partial charge is 0.351 e. The van der Waals surface area contributed by atoms with E-state index < -0.39 is 24.1 Å². The van der Waals surface area contributed by atoms with Crippen LogP contribution in [0.25, 0.3) is 11.0 Å². The van der Waals surface area contributed by atoms with Gasteiger partial charge in [0.05, 0.1) is 19.4 Å². The van der Waals surface area contributed by atoms with Crippen LogP contribution in [0.3, 0.4) is 0 Å². The van der Waals surface area contributed by atoms with Crippen LogP contribution in [-0.4, -0.2) is 32.2 Å². The van der Waals surface area contributed by atoms with Gasteiger partial charge in [-0.05, 0) is 31.2 Å². The first-order valence-corrected chi connectivity index (χ1v) is 8.83. The molecule has 0 aliphatic carbocycles. The van der Waals surface area contributed by atoms with E-state index in [0.717, 1.165) is 0 Å². The lowest BCUT2D eigenvalue weighted by Gasteiger charge is -2.11. The second-order valence-electron chi connectivity index (χ2n) is 5.88. The molecule has 0 saturated heterocycles. The molecule has 29 heavy (non-hydrogen) atoms. The quantitative estimate of drug-likeness (QED) is 0.483. The summed E-state index contributed by atoms with van der Waals surface area (Å²) >= 11 is 0. The Morgan fingerprint density at radius 1 is 1.07 bits per heavy atom. The number of esters is 1. The topological polar surface area (TPSA) is 104 Å². The summed E-state index contributed by atoms with van der Waals surface area (Å²) in [7, 11) is 1.44. The van der Waals surface area contributed by atoms with Gasteiger partial charge in [0, 0.05) is 5.39 Å². The Kier molecular flexibility index (Phi) is 6.13. The number of ether oxygens (including phenoxy) is 3. The summed E-state index contributed by atoms with van der Waals surface area (Å²) in [4.78, 5) is 36.6. The average molecular weight is 397 g/mol. The van der Waals surface area contributed by atoms with Crippen LogP contribution >= 0.6 is 0 Å². The molecule has 1 amide bonds. The third-order valence-corrected chi connectivity index (χ3v) is 3.96. The molecule has 1 heterocycles. The predicted octanol–water partition coefficient (Wildman–Crippen LogP) is 3.00. The van der Waals surface area contributed by atoms with Gasteiger partial charge >= 0.3 is 11.6 Å². The van der Waals surface area contributed by atoms with Gasteiger partial charge in [-0.1, -0.05) is 24.3 Å². The fourth-order valence-corrected chi connectivity index (χ4v) is 2.67. The standard InChI is InChI=1S/C21H19NO7/c1-3-27-16-9-5-4-8-15(16)22-18(23)12-28-20(24)14-11-13-7-6-10-17(26-2)19(13)29-21(14)25/h4-11H,3,12H2,1-2H3,(H,22,23). The molecule has 0 saturated carbocycles. The Morgan fingerprint density at radius 2 is 1.83 bits per heavy atom. The molecule has 0 aliphatic heterocycles. The van der Waals surface area contributed by atoms with Crippen LogP contribution in [0.1, 0.15) is 17.3 Å². The predicted molar refractivity (Wildman–Crippen MR) is 106 cm³/mol. The molecule has 0 unspecified atom stereocenters. The number of fused-ring (bicyclic) bond motifs is 1. The molecule has 0 radical (unpaired) electrons. The van der Waals surface area contributed by atoms with E-state index in [4.69, 9.17) is 18.6 Å². The number of hydrogen-bond donors (Lipinski definition) is 1. The van der Waals surface area contributed by atoms with Crippen molar-refractivity contribution in [2.45, 2.75) is 6.92 Å². The number of benzene rings is 2.